The van der Waals surface area contributed by atoms with Gasteiger partial charge in [-0.25, -0.2) is 0 Å². The maximum absolute atomic E-state index is 6.58. The molecule has 128 valence electrons. The number of guanidine groups is 1. The van der Waals surface area contributed by atoms with Crippen LogP contribution < -0.4 is 0 Å². The molecule has 5 heteroatoms. The average molecular weight is 322 g/mol. The van der Waals surface area contributed by atoms with Gasteiger partial charge in [0.15, 0.2) is 5.79 Å². The summed E-state index contributed by atoms with van der Waals surface area (Å²) < 4.78 is 14.1. The molecule has 2 fully saturated rings. The Labute approximate surface area is 142 Å². The Morgan fingerprint density at radius 3 is 2.17 bits per heavy atom. The van der Waals surface area contributed by atoms with Crippen molar-refractivity contribution in [2.75, 3.05) is 41.3 Å². The van der Waals surface area contributed by atoms with Crippen molar-refractivity contribution in [2.24, 2.45) is 0 Å². The first-order valence-corrected chi connectivity index (χ1v) is 8.37. The number of nitrogens with zero attached hydrogens (tertiary/aromatic N) is 3. The van der Waals surface area contributed by atoms with Crippen molar-refractivity contribution in [1.29, 1.82) is 0 Å². The van der Waals surface area contributed by atoms with Crippen molar-refractivity contribution in [1.82, 2.24) is 0 Å². The largest absolute Gasteiger partial charge is 0.534 e. The molecule has 0 aromatic heterocycles. The van der Waals surface area contributed by atoms with Crippen molar-refractivity contribution in [3.05, 3.63) is 21.1 Å². The van der Waals surface area contributed by atoms with Crippen LogP contribution in [-0.2, 0) is 9.47 Å². The smallest absolute Gasteiger partial charge is 0.347 e. The zero-order valence-electron chi connectivity index (χ0n) is 15.3. The Bertz CT molecular complexity index is 469. The molecule has 1 saturated heterocycles. The summed E-state index contributed by atoms with van der Waals surface area (Å²) in [6.07, 6.45) is 5.48. The van der Waals surface area contributed by atoms with E-state index in [-0.39, 0.29) is 8.97 Å². The summed E-state index contributed by atoms with van der Waals surface area (Å²) in [5, 5.41) is 0. The Balaban J connectivity index is 2.18. The third kappa shape index (κ3) is 4.13. The first-order chi connectivity index (χ1) is 10.4. The van der Waals surface area contributed by atoms with Crippen LogP contribution in [0.3, 0.4) is 0 Å². The van der Waals surface area contributed by atoms with Gasteiger partial charge in [0.1, 0.15) is 19.2 Å². The van der Waals surface area contributed by atoms with E-state index in [2.05, 4.69) is 6.92 Å². The molecule has 0 aromatic carbocycles. The number of likely N-dealkylation sites (N-methyl/N-ethyl adjacent to an activating group) is 1. The van der Waals surface area contributed by atoms with E-state index >= 15 is 0 Å². The first-order valence-electron chi connectivity index (χ1n) is 8.37. The number of rotatable bonds is 2. The fourth-order valence-corrected chi connectivity index (χ4v) is 4.33. The lowest BCUT2D eigenvalue weighted by Gasteiger charge is -2.37. The van der Waals surface area contributed by atoms with Gasteiger partial charge in [-0.15, -0.1) is 4.58 Å². The van der Waals surface area contributed by atoms with Gasteiger partial charge in [-0.05, 0) is 19.8 Å². The van der Waals surface area contributed by atoms with Crippen molar-refractivity contribution < 1.29 is 23.0 Å². The van der Waals surface area contributed by atoms with Crippen molar-refractivity contribution in [2.45, 2.75) is 50.4 Å². The van der Waals surface area contributed by atoms with E-state index in [1.807, 2.05) is 21.1 Å². The molecule has 2 atom stereocenters. The molecule has 1 aliphatic carbocycles. The van der Waals surface area contributed by atoms with Crippen LogP contribution in [0.5, 0.6) is 0 Å². The highest BCUT2D eigenvalue weighted by Gasteiger charge is 2.55. The van der Waals surface area contributed by atoms with Gasteiger partial charge in [-0.3, -0.25) is 0 Å². The minimum atomic E-state index is -0.461. The van der Waals surface area contributed by atoms with Gasteiger partial charge in [0.2, 0.25) is 14.1 Å². The number of ether oxygens (including phenoxy) is 2. The molecular weight excluding hydrogens is 290 g/mol. The Morgan fingerprint density at radius 1 is 1.13 bits per heavy atom. The highest BCUT2D eigenvalue weighted by atomic mass is 16.8. The third-order valence-electron chi connectivity index (χ3n) is 4.64. The third-order valence-corrected chi connectivity index (χ3v) is 4.64. The lowest BCUT2D eigenvalue weighted by Crippen LogP contribution is -2.64. The molecular formula is C18H32N3O2+3. The van der Waals surface area contributed by atoms with E-state index in [0.29, 0.717) is 19.1 Å². The lowest BCUT2D eigenvalue weighted by atomic mass is 9.94. The normalized spacial score (nSPS) is 29.7. The molecule has 5 nitrogen and oxygen atoms in total. The van der Waals surface area contributed by atoms with Crippen molar-refractivity contribution in [3.8, 4) is 0 Å². The Hall–Kier alpha value is -0.490. The molecule has 0 amide bonds. The zero-order valence-corrected chi connectivity index (χ0v) is 15.3. The second kappa shape index (κ2) is 6.10. The van der Waals surface area contributed by atoms with Gasteiger partial charge in [0.25, 0.3) is 7.05 Å². The number of quaternary nitrogens is 2. The van der Waals surface area contributed by atoms with E-state index < -0.39 is 11.4 Å². The van der Waals surface area contributed by atoms with Crippen molar-refractivity contribution >= 4 is 5.96 Å². The van der Waals surface area contributed by atoms with Crippen LogP contribution in [0.15, 0.2) is 0 Å². The highest BCUT2D eigenvalue weighted by molar-refractivity contribution is 5.60. The van der Waals surface area contributed by atoms with Gasteiger partial charge in [-0.1, -0.05) is 6.42 Å². The van der Waals surface area contributed by atoms with Gasteiger partial charge >= 0.3 is 5.96 Å². The van der Waals surface area contributed by atoms with E-state index in [9.17, 15) is 0 Å². The average Bonchev–Trinajstić information content (AvgIpc) is 2.62. The van der Waals surface area contributed by atoms with E-state index in [1.54, 1.807) is 7.05 Å². The summed E-state index contributed by atoms with van der Waals surface area (Å²) in [4.78, 5) is 0. The molecule has 0 N–H and O–H groups in total. The topological polar surface area (TPSA) is 21.5 Å². The van der Waals surface area contributed by atoms with Crippen LogP contribution in [0.2, 0.25) is 0 Å². The summed E-state index contributed by atoms with van der Waals surface area (Å²) in [6, 6.07) is 0. The molecule has 2 unspecified atom stereocenters. The second-order valence-electron chi connectivity index (χ2n) is 8.19. The highest BCUT2D eigenvalue weighted by Crippen LogP contribution is 2.42. The van der Waals surface area contributed by atoms with E-state index in [4.69, 9.17) is 30.6 Å². The predicted molar refractivity (Wildman–Crippen MR) is 88.5 cm³/mol. The van der Waals surface area contributed by atoms with Crippen LogP contribution >= 0.6 is 0 Å². The molecule has 1 aliphatic heterocycles. The molecule has 2 rings (SSSR count). The molecule has 1 saturated carbocycles. The van der Waals surface area contributed by atoms with Gasteiger partial charge in [-0.2, -0.15) is 8.97 Å². The molecule has 1 heterocycles. The predicted octanol–water partition coefficient (Wildman–Crippen LogP) is 1.98. The quantitative estimate of drug-likeness (QED) is 0.255. The van der Waals surface area contributed by atoms with Crippen LogP contribution in [0.1, 0.15) is 39.0 Å². The summed E-state index contributed by atoms with van der Waals surface area (Å²) in [7, 11) is 26.1. The minimum absolute atomic E-state index is 0.0481. The minimum Gasteiger partial charge on any atom is -0.347 e. The van der Waals surface area contributed by atoms with Crippen LogP contribution in [0.4, 0.5) is 0 Å². The number of hydrogen-bond acceptors (Lipinski definition) is 2. The Morgan fingerprint density at radius 2 is 1.70 bits per heavy atom. The molecule has 23 heavy (non-hydrogen) atoms. The molecule has 1 spiro atoms. The number of hydrogen-bond donors (Lipinski definition) is 0. The first kappa shape index (κ1) is 18.8. The molecule has 0 bridgehead atoms. The molecule has 2 aliphatic rings. The van der Waals surface area contributed by atoms with E-state index in [1.165, 1.54) is 11.0 Å². The molecule has 6 radical (unpaired) electrons. The SMILES string of the molecule is [CH][N+](C)=C([N+]([CH])(C)C)[N+]([CH])(C)CC1(C)COC2(CCCCC2)O1. The van der Waals surface area contributed by atoms with Crippen LogP contribution in [0, 0.1) is 21.1 Å². The summed E-state index contributed by atoms with van der Waals surface area (Å²) in [5.74, 6) is 0.258. The maximum Gasteiger partial charge on any atom is 0.534 e. The Kier molecular flexibility index (Phi) is 5.00. The van der Waals surface area contributed by atoms with Crippen LogP contribution in [-0.4, -0.2) is 72.2 Å². The van der Waals surface area contributed by atoms with Gasteiger partial charge in [0, 0.05) is 12.8 Å². The van der Waals surface area contributed by atoms with Gasteiger partial charge in [0.05, 0.1) is 27.7 Å². The summed E-state index contributed by atoms with van der Waals surface area (Å²) in [5.41, 5.74) is -0.461. The summed E-state index contributed by atoms with van der Waals surface area (Å²) in [6.45, 7) is 3.13. The molecule has 0 aromatic rings. The lowest BCUT2D eigenvalue weighted by molar-refractivity contribution is -0.925. The fraction of sp³-hybridized carbons (Fsp3) is 0.778. The van der Waals surface area contributed by atoms with E-state index in [0.717, 1.165) is 25.7 Å². The second-order valence-corrected chi connectivity index (χ2v) is 8.19. The standard InChI is InChI=1S/C18H32N3O2/c1-17(15-22-18(23-17)12-10-9-11-13-18)14-21(7,8)16(19(2)3)20(4,5)6/h2,4,7H,9-15H2,1,3,5-6,8H3/q+3. The monoisotopic (exact) mass is 322 g/mol. The van der Waals surface area contributed by atoms with Crippen molar-refractivity contribution in [3.63, 3.8) is 0 Å². The fourth-order valence-electron chi connectivity index (χ4n) is 4.33. The summed E-state index contributed by atoms with van der Waals surface area (Å²) >= 11 is 0. The zero-order chi connectivity index (χ0) is 17.5. The van der Waals surface area contributed by atoms with Crippen LogP contribution in [0.25, 0.3) is 0 Å². The maximum atomic E-state index is 6.58. The van der Waals surface area contributed by atoms with Gasteiger partial charge < -0.3 is 9.47 Å².